The van der Waals surface area contributed by atoms with Gasteiger partial charge in [0.1, 0.15) is 0 Å². The number of rotatable bonds is 15. The van der Waals surface area contributed by atoms with Crippen LogP contribution in [0.25, 0.3) is 16.8 Å². The first-order valence-corrected chi connectivity index (χ1v) is 17.8. The molecule has 1 aliphatic heterocycles. The van der Waals surface area contributed by atoms with Crippen molar-refractivity contribution in [3.05, 3.63) is 125 Å². The number of aromatic nitrogens is 4. The minimum absolute atomic E-state index is 0.0271. The minimum atomic E-state index is -0.636. The highest BCUT2D eigenvalue weighted by molar-refractivity contribution is 7.99. The van der Waals surface area contributed by atoms with Crippen LogP contribution in [-0.2, 0) is 32.2 Å². The molecule has 0 saturated carbocycles. The number of para-hydroxylation sites is 1. The third-order valence-corrected chi connectivity index (χ3v) is 9.60. The number of carbonyl (C=O) groups is 2. The highest BCUT2D eigenvalue weighted by atomic mass is 32.2. The van der Waals surface area contributed by atoms with Gasteiger partial charge in [0.15, 0.2) is 6.29 Å². The smallest absolute Gasteiger partial charge is 0.243 e. The van der Waals surface area contributed by atoms with E-state index >= 15 is 0 Å². The average molecular weight is 709 g/mol. The lowest BCUT2D eigenvalue weighted by Gasteiger charge is -2.36. The second kappa shape index (κ2) is 17.8. The van der Waals surface area contributed by atoms with Gasteiger partial charge >= 0.3 is 0 Å². The van der Waals surface area contributed by atoms with Gasteiger partial charge in [-0.05, 0) is 75.4 Å². The zero-order valence-electron chi connectivity index (χ0n) is 27.9. The van der Waals surface area contributed by atoms with Gasteiger partial charge in [-0.1, -0.05) is 90.6 Å². The maximum atomic E-state index is 12.4. The molecule has 0 radical (unpaired) electrons. The van der Waals surface area contributed by atoms with Crippen LogP contribution in [0.5, 0.6) is 0 Å². The second-order valence-corrected chi connectivity index (χ2v) is 13.2. The SMILES string of the molecule is O=C(CCCCC(=O)NCc1cccc(-c2cccc(C3OC(CSc4nnnn4-c4ccccc4)CC(c4ccc(CO)cc4)O3)c2)c1)NO. The number of tetrazole rings is 1. The molecular formula is C38H40N6O6S. The summed E-state index contributed by atoms with van der Waals surface area (Å²) in [6.45, 7) is 0.350. The van der Waals surface area contributed by atoms with Crippen LogP contribution in [0.4, 0.5) is 0 Å². The summed E-state index contributed by atoms with van der Waals surface area (Å²) >= 11 is 1.53. The number of nitrogens with zero attached hydrogens (tertiary/aromatic N) is 4. The number of hydrogen-bond acceptors (Lipinski definition) is 10. The number of hydroxylamine groups is 1. The van der Waals surface area contributed by atoms with E-state index in [4.69, 9.17) is 14.7 Å². The highest BCUT2D eigenvalue weighted by Gasteiger charge is 2.33. The fourth-order valence-corrected chi connectivity index (χ4v) is 6.74. The van der Waals surface area contributed by atoms with Crippen molar-refractivity contribution in [2.75, 3.05) is 5.75 Å². The summed E-state index contributed by atoms with van der Waals surface area (Å²) in [5.41, 5.74) is 8.13. The number of carbonyl (C=O) groups excluding carboxylic acids is 2. The van der Waals surface area contributed by atoms with Crippen LogP contribution in [-0.4, -0.2) is 54.2 Å². The van der Waals surface area contributed by atoms with Crippen LogP contribution in [0.1, 0.15) is 66.8 Å². The number of unbranched alkanes of at least 4 members (excludes halogenated alkanes) is 1. The van der Waals surface area contributed by atoms with Crippen molar-refractivity contribution in [3.63, 3.8) is 0 Å². The van der Waals surface area contributed by atoms with Gasteiger partial charge in [0.05, 0.1) is 24.5 Å². The Morgan fingerprint density at radius 2 is 1.57 bits per heavy atom. The normalized spacial score (nSPS) is 17.2. The van der Waals surface area contributed by atoms with Gasteiger partial charge in [-0.2, -0.15) is 4.68 Å². The van der Waals surface area contributed by atoms with Crippen molar-refractivity contribution in [1.82, 2.24) is 31.0 Å². The summed E-state index contributed by atoms with van der Waals surface area (Å²) < 4.78 is 14.9. The van der Waals surface area contributed by atoms with E-state index in [1.165, 1.54) is 11.8 Å². The number of amides is 2. The molecule has 12 nitrogen and oxygen atoms in total. The number of benzene rings is 4. The molecule has 1 saturated heterocycles. The molecule has 0 bridgehead atoms. The topological polar surface area (TPSA) is 161 Å². The molecule has 5 aromatic rings. The average Bonchev–Trinajstić information content (AvgIpc) is 3.67. The minimum Gasteiger partial charge on any atom is -0.392 e. The Labute approximate surface area is 300 Å². The predicted molar refractivity (Wildman–Crippen MR) is 190 cm³/mol. The van der Waals surface area contributed by atoms with Crippen molar-refractivity contribution < 1.29 is 29.4 Å². The summed E-state index contributed by atoms with van der Waals surface area (Å²) in [6.07, 6.45) is 1.12. The lowest BCUT2D eigenvalue weighted by Crippen LogP contribution is -2.31. The summed E-state index contributed by atoms with van der Waals surface area (Å²) in [6, 6.07) is 33.7. The van der Waals surface area contributed by atoms with Crippen LogP contribution in [0.3, 0.4) is 0 Å². The number of aliphatic hydroxyl groups is 1. The summed E-state index contributed by atoms with van der Waals surface area (Å²) in [7, 11) is 0. The molecule has 4 aromatic carbocycles. The van der Waals surface area contributed by atoms with Gasteiger partial charge < -0.3 is 19.9 Å². The first kappa shape index (κ1) is 35.9. The summed E-state index contributed by atoms with van der Waals surface area (Å²) in [4.78, 5) is 23.5. The van der Waals surface area contributed by atoms with Gasteiger partial charge in [-0.25, -0.2) is 5.48 Å². The van der Waals surface area contributed by atoms with Crippen LogP contribution in [0.2, 0.25) is 0 Å². The van der Waals surface area contributed by atoms with Crippen molar-refractivity contribution in [3.8, 4) is 16.8 Å². The van der Waals surface area contributed by atoms with E-state index in [9.17, 15) is 14.7 Å². The molecule has 3 atom stereocenters. The third-order valence-electron chi connectivity index (χ3n) is 8.55. The second-order valence-electron chi connectivity index (χ2n) is 12.2. The fourth-order valence-electron chi connectivity index (χ4n) is 5.83. The van der Waals surface area contributed by atoms with E-state index < -0.39 is 12.2 Å². The molecule has 4 N–H and O–H groups in total. The molecule has 0 spiro atoms. The Kier molecular flexibility index (Phi) is 12.6. The Balaban J connectivity index is 1.15. The van der Waals surface area contributed by atoms with Gasteiger partial charge in [0.2, 0.25) is 17.0 Å². The third kappa shape index (κ3) is 9.87. The van der Waals surface area contributed by atoms with Crippen molar-refractivity contribution in [2.24, 2.45) is 0 Å². The molecule has 51 heavy (non-hydrogen) atoms. The quantitative estimate of drug-likeness (QED) is 0.0450. The molecule has 0 aliphatic carbocycles. The lowest BCUT2D eigenvalue weighted by molar-refractivity contribution is -0.245. The molecule has 2 amide bonds. The Bertz CT molecular complexity index is 1890. The zero-order chi connectivity index (χ0) is 35.4. The number of nitrogens with one attached hydrogen (secondary N) is 2. The van der Waals surface area contributed by atoms with Crippen molar-refractivity contribution >= 4 is 23.6 Å². The number of aliphatic hydroxyl groups excluding tert-OH is 1. The Morgan fingerprint density at radius 3 is 2.33 bits per heavy atom. The van der Waals surface area contributed by atoms with Crippen molar-refractivity contribution in [2.45, 2.75) is 68.9 Å². The van der Waals surface area contributed by atoms with Crippen LogP contribution in [0.15, 0.2) is 108 Å². The molecular weight excluding hydrogens is 669 g/mol. The Morgan fingerprint density at radius 1 is 0.824 bits per heavy atom. The monoisotopic (exact) mass is 708 g/mol. The van der Waals surface area contributed by atoms with Gasteiger partial charge in [-0.15, -0.1) is 5.10 Å². The van der Waals surface area contributed by atoms with Crippen molar-refractivity contribution in [1.29, 1.82) is 0 Å². The van der Waals surface area contributed by atoms with E-state index in [0.717, 1.165) is 39.1 Å². The first-order chi connectivity index (χ1) is 25.0. The Hall–Kier alpha value is -4.92. The van der Waals surface area contributed by atoms with Gasteiger partial charge in [0.25, 0.3) is 0 Å². The number of thioether (sulfide) groups is 1. The van der Waals surface area contributed by atoms with Gasteiger partial charge in [-0.3, -0.25) is 14.8 Å². The van der Waals surface area contributed by atoms with E-state index in [2.05, 4.69) is 33.0 Å². The van der Waals surface area contributed by atoms with Crippen LogP contribution < -0.4 is 10.8 Å². The summed E-state index contributed by atoms with van der Waals surface area (Å²) in [5, 5.41) is 34.2. The van der Waals surface area contributed by atoms with Gasteiger partial charge in [0, 0.05) is 37.1 Å². The number of ether oxygens (including phenoxy) is 2. The van der Waals surface area contributed by atoms with E-state index in [0.29, 0.717) is 43.1 Å². The number of hydrogen-bond donors (Lipinski definition) is 4. The van der Waals surface area contributed by atoms with Crippen LogP contribution in [0, 0.1) is 0 Å². The molecule has 1 fully saturated rings. The standard InChI is InChI=1S/C38H40N6O6S/c45-24-26-16-18-28(19-17-26)34-22-33(25-51-38-40-42-43-44(38)32-12-2-1-3-13-32)49-37(50-34)31-11-7-10-30(21-31)29-9-6-8-27(20-29)23-39-35(46)14-4-5-15-36(47)41-48/h1-3,6-13,16-21,33-34,37,45,48H,4-5,14-15,22-25H2,(H,39,46)(H,41,47). The maximum absolute atomic E-state index is 12.4. The molecule has 1 aromatic heterocycles. The van der Waals surface area contributed by atoms with E-state index in [-0.39, 0.29) is 31.1 Å². The van der Waals surface area contributed by atoms with E-state index in [1.54, 1.807) is 10.2 Å². The first-order valence-electron chi connectivity index (χ1n) is 16.8. The van der Waals surface area contributed by atoms with Crippen LogP contribution >= 0.6 is 11.8 Å². The summed E-state index contributed by atoms with van der Waals surface area (Å²) in [5.74, 6) is 0.0518. The molecule has 3 unspecified atom stereocenters. The predicted octanol–water partition coefficient (Wildman–Crippen LogP) is 5.84. The largest absolute Gasteiger partial charge is 0.392 e. The molecule has 6 rings (SSSR count). The highest BCUT2D eigenvalue weighted by Crippen LogP contribution is 2.40. The fraction of sp³-hybridized carbons (Fsp3) is 0.289. The van der Waals surface area contributed by atoms with E-state index in [1.807, 2.05) is 91.0 Å². The maximum Gasteiger partial charge on any atom is 0.243 e. The molecule has 2 heterocycles. The molecule has 1 aliphatic rings. The molecule has 264 valence electrons. The molecule has 13 heteroatoms. The lowest BCUT2D eigenvalue weighted by atomic mass is 9.99. The zero-order valence-corrected chi connectivity index (χ0v) is 28.7.